The number of methoxy groups -OCH3 is 1. The quantitative estimate of drug-likeness (QED) is 0.826. The average molecular weight is 368 g/mol. The van der Waals surface area contributed by atoms with Crippen molar-refractivity contribution in [3.8, 4) is 17.1 Å². The Hall–Kier alpha value is -2.67. The van der Waals surface area contributed by atoms with E-state index in [9.17, 15) is 4.79 Å². The van der Waals surface area contributed by atoms with Gasteiger partial charge in [-0.25, -0.2) is 14.8 Å². The van der Waals surface area contributed by atoms with Gasteiger partial charge in [0.05, 0.1) is 13.7 Å². The molecule has 2 aromatic rings. The lowest BCUT2D eigenvalue weighted by molar-refractivity contribution is -0.0114. The van der Waals surface area contributed by atoms with E-state index < -0.39 is 0 Å². The summed E-state index contributed by atoms with van der Waals surface area (Å²) in [4.78, 5) is 24.8. The van der Waals surface area contributed by atoms with Crippen LogP contribution in [0.4, 0.5) is 4.79 Å². The van der Waals surface area contributed by atoms with Crippen molar-refractivity contribution < 1.29 is 14.3 Å². The molecule has 2 saturated heterocycles. The van der Waals surface area contributed by atoms with Gasteiger partial charge in [-0.2, -0.15) is 0 Å². The molecule has 0 aliphatic carbocycles. The van der Waals surface area contributed by atoms with Crippen LogP contribution in [0.1, 0.15) is 18.4 Å². The molecule has 0 saturated carbocycles. The van der Waals surface area contributed by atoms with E-state index in [1.807, 2.05) is 36.7 Å². The maximum Gasteiger partial charge on any atom is 0.410 e. The first kappa shape index (κ1) is 17.7. The topological polar surface area (TPSA) is 67.8 Å². The highest BCUT2D eigenvalue weighted by Crippen LogP contribution is 2.32. The van der Waals surface area contributed by atoms with Crippen molar-refractivity contribution in [1.82, 2.24) is 19.8 Å². The van der Waals surface area contributed by atoms with E-state index in [-0.39, 0.29) is 11.7 Å². The first-order valence-electron chi connectivity index (χ1n) is 9.19. The van der Waals surface area contributed by atoms with Crippen LogP contribution >= 0.6 is 0 Å². The smallest absolute Gasteiger partial charge is 0.410 e. The summed E-state index contributed by atoms with van der Waals surface area (Å²) in [6.07, 6.45) is 5.48. The molecule has 0 radical (unpaired) electrons. The van der Waals surface area contributed by atoms with E-state index in [1.54, 1.807) is 19.1 Å². The number of nitrogens with zero attached hydrogens (tertiary/aromatic N) is 4. The van der Waals surface area contributed by atoms with Gasteiger partial charge in [0.25, 0.3) is 0 Å². The number of aromatic nitrogens is 2. The van der Waals surface area contributed by atoms with Crippen LogP contribution in [0.2, 0.25) is 0 Å². The fourth-order valence-corrected chi connectivity index (χ4v) is 3.91. The van der Waals surface area contributed by atoms with Crippen LogP contribution in [-0.4, -0.2) is 65.3 Å². The summed E-state index contributed by atoms with van der Waals surface area (Å²) in [6, 6.07) is 7.71. The number of carbonyl (C=O) groups excluding carboxylic acids is 1. The maximum atomic E-state index is 11.8. The second kappa shape index (κ2) is 7.15. The molecule has 1 aromatic carbocycles. The summed E-state index contributed by atoms with van der Waals surface area (Å²) in [5.74, 6) is 1.51. The first-order chi connectivity index (χ1) is 13.1. The molecule has 4 rings (SSSR count). The molecule has 142 valence electrons. The lowest BCUT2D eigenvalue weighted by atomic mass is 9.92. The van der Waals surface area contributed by atoms with E-state index in [4.69, 9.17) is 9.47 Å². The van der Waals surface area contributed by atoms with Crippen LogP contribution in [0.3, 0.4) is 0 Å². The Balaban J connectivity index is 1.41. The number of carbonyl (C=O) groups is 1. The predicted octanol–water partition coefficient (Wildman–Crippen LogP) is 2.57. The van der Waals surface area contributed by atoms with Gasteiger partial charge in [-0.1, -0.05) is 0 Å². The Morgan fingerprint density at radius 3 is 2.56 bits per heavy atom. The van der Waals surface area contributed by atoms with Crippen LogP contribution < -0.4 is 4.74 Å². The van der Waals surface area contributed by atoms with Crippen molar-refractivity contribution in [3.05, 3.63) is 42.2 Å². The molecule has 1 amide bonds. The third kappa shape index (κ3) is 3.73. The Bertz CT molecular complexity index is 809. The van der Waals surface area contributed by atoms with Gasteiger partial charge >= 0.3 is 6.09 Å². The molecular formula is C20H24N4O3. The normalized spacial score (nSPS) is 22.9. The number of amides is 1. The minimum absolute atomic E-state index is 0.218. The molecule has 7 heteroatoms. The van der Waals surface area contributed by atoms with Gasteiger partial charge in [0.15, 0.2) is 5.82 Å². The lowest BCUT2D eigenvalue weighted by Crippen LogP contribution is -2.50. The summed E-state index contributed by atoms with van der Waals surface area (Å²) < 4.78 is 10.9. The molecule has 0 bridgehead atoms. The van der Waals surface area contributed by atoms with Gasteiger partial charge < -0.3 is 14.4 Å². The summed E-state index contributed by atoms with van der Waals surface area (Å²) in [5.41, 5.74) is 1.65. The SMILES string of the molecule is COc1ccc(-c2ncc(CN3CCCC4(C3)CN(C)C(=O)O4)cn2)cc1. The maximum absolute atomic E-state index is 11.8. The summed E-state index contributed by atoms with van der Waals surface area (Å²) in [7, 11) is 3.44. The van der Waals surface area contributed by atoms with Crippen molar-refractivity contribution >= 4 is 6.09 Å². The Morgan fingerprint density at radius 1 is 1.19 bits per heavy atom. The zero-order valence-corrected chi connectivity index (χ0v) is 15.7. The molecule has 27 heavy (non-hydrogen) atoms. The Labute approximate surface area is 158 Å². The lowest BCUT2D eigenvalue weighted by Gasteiger charge is -2.38. The highest BCUT2D eigenvalue weighted by Gasteiger charge is 2.46. The molecule has 2 aliphatic rings. The average Bonchev–Trinajstić information content (AvgIpc) is 2.95. The molecule has 1 atom stereocenters. The standard InChI is InChI=1S/C20H24N4O3/c1-23-13-20(27-19(23)25)8-3-9-24(14-20)12-15-10-21-18(22-11-15)16-4-6-17(26-2)7-5-16/h4-7,10-11H,3,8-9,12-14H2,1-2H3. The first-order valence-corrected chi connectivity index (χ1v) is 9.19. The highest BCUT2D eigenvalue weighted by atomic mass is 16.6. The summed E-state index contributed by atoms with van der Waals surface area (Å²) in [6.45, 7) is 3.16. The largest absolute Gasteiger partial charge is 0.497 e. The van der Waals surface area contributed by atoms with Crippen LogP contribution in [0.5, 0.6) is 5.75 Å². The van der Waals surface area contributed by atoms with Crippen molar-refractivity contribution in [2.24, 2.45) is 0 Å². The molecule has 0 N–H and O–H groups in total. The molecular weight excluding hydrogens is 344 g/mol. The number of hydrogen-bond donors (Lipinski definition) is 0. The number of likely N-dealkylation sites (N-methyl/N-ethyl adjacent to an activating group) is 1. The minimum atomic E-state index is -0.367. The zero-order chi connectivity index (χ0) is 18.9. The monoisotopic (exact) mass is 368 g/mol. The molecule has 7 nitrogen and oxygen atoms in total. The van der Waals surface area contributed by atoms with Gasteiger partial charge in [-0.15, -0.1) is 0 Å². The number of piperidine rings is 1. The summed E-state index contributed by atoms with van der Waals surface area (Å²) >= 11 is 0. The number of rotatable bonds is 4. The number of benzene rings is 1. The fourth-order valence-electron chi connectivity index (χ4n) is 3.91. The van der Waals surface area contributed by atoms with Gasteiger partial charge in [-0.05, 0) is 43.7 Å². The minimum Gasteiger partial charge on any atom is -0.497 e. The zero-order valence-electron chi connectivity index (χ0n) is 15.7. The van der Waals surface area contributed by atoms with E-state index in [0.717, 1.165) is 49.4 Å². The molecule has 2 fully saturated rings. The van der Waals surface area contributed by atoms with Crippen molar-refractivity contribution in [3.63, 3.8) is 0 Å². The van der Waals surface area contributed by atoms with Crippen molar-refractivity contribution in [2.45, 2.75) is 25.0 Å². The number of hydrogen-bond acceptors (Lipinski definition) is 6. The summed E-state index contributed by atoms with van der Waals surface area (Å²) in [5, 5.41) is 0. The third-order valence-corrected chi connectivity index (χ3v) is 5.22. The van der Waals surface area contributed by atoms with Gasteiger partial charge in [0.1, 0.15) is 11.4 Å². The second-order valence-electron chi connectivity index (χ2n) is 7.36. The van der Waals surface area contributed by atoms with Gasteiger partial charge in [-0.3, -0.25) is 4.90 Å². The molecule has 1 spiro atoms. The van der Waals surface area contributed by atoms with Crippen LogP contribution in [-0.2, 0) is 11.3 Å². The molecule has 3 heterocycles. The van der Waals surface area contributed by atoms with Crippen LogP contribution in [0, 0.1) is 0 Å². The third-order valence-electron chi connectivity index (χ3n) is 5.22. The fraction of sp³-hybridized carbons (Fsp3) is 0.450. The van der Waals surface area contributed by atoms with Crippen molar-refractivity contribution in [2.75, 3.05) is 33.8 Å². The van der Waals surface area contributed by atoms with Gasteiger partial charge in [0, 0.05) is 43.7 Å². The van der Waals surface area contributed by atoms with E-state index in [0.29, 0.717) is 12.4 Å². The number of likely N-dealkylation sites (tertiary alicyclic amines) is 1. The molecule has 1 unspecified atom stereocenters. The van der Waals surface area contributed by atoms with E-state index in [2.05, 4.69) is 14.9 Å². The Kier molecular flexibility index (Phi) is 4.70. The Morgan fingerprint density at radius 2 is 1.93 bits per heavy atom. The van der Waals surface area contributed by atoms with Gasteiger partial charge in [0.2, 0.25) is 0 Å². The molecule has 1 aromatic heterocycles. The van der Waals surface area contributed by atoms with Crippen molar-refractivity contribution in [1.29, 1.82) is 0 Å². The van der Waals surface area contributed by atoms with Crippen LogP contribution in [0.15, 0.2) is 36.7 Å². The molecule has 2 aliphatic heterocycles. The highest BCUT2D eigenvalue weighted by molar-refractivity contribution is 5.70. The van der Waals surface area contributed by atoms with Crippen LogP contribution in [0.25, 0.3) is 11.4 Å². The number of ether oxygens (including phenoxy) is 2. The second-order valence-corrected chi connectivity index (χ2v) is 7.36. The van der Waals surface area contributed by atoms with E-state index in [1.165, 1.54) is 0 Å². The predicted molar refractivity (Wildman–Crippen MR) is 100 cm³/mol. The van der Waals surface area contributed by atoms with E-state index >= 15 is 0 Å².